The van der Waals surface area contributed by atoms with Crippen molar-refractivity contribution in [2.45, 2.75) is 25.6 Å². The first kappa shape index (κ1) is 26.2. The molecule has 192 valence electrons. The molecule has 0 heterocycles. The summed E-state index contributed by atoms with van der Waals surface area (Å²) in [5.41, 5.74) is -1.10. The van der Waals surface area contributed by atoms with Gasteiger partial charge < -0.3 is 4.74 Å². The molecular weight excluding hydrogens is 504 g/mol. The minimum atomic E-state index is -4.71. The van der Waals surface area contributed by atoms with Gasteiger partial charge in [0.15, 0.2) is 0 Å². The highest BCUT2D eigenvalue weighted by Crippen LogP contribution is 2.39. The Morgan fingerprint density at radius 3 is 1.68 bits per heavy atom. The SMILES string of the molecule is CCc1ccc(-c2ccc(-c3cc(F)c(C(F)(F)Oc4ccc(C(F)(F)F)cc4)c(F)c3)c(F)c2)cc1. The monoisotopic (exact) mass is 522 g/mol. The topological polar surface area (TPSA) is 9.23 Å². The van der Waals surface area contributed by atoms with Gasteiger partial charge in [-0.3, -0.25) is 0 Å². The van der Waals surface area contributed by atoms with Gasteiger partial charge in [-0.15, -0.1) is 0 Å². The second-order valence-electron chi connectivity index (χ2n) is 8.20. The van der Waals surface area contributed by atoms with Crippen LogP contribution in [0, 0.1) is 17.5 Å². The summed E-state index contributed by atoms with van der Waals surface area (Å²) in [6, 6.07) is 14.6. The highest BCUT2D eigenvalue weighted by Gasteiger charge is 2.41. The molecule has 0 radical (unpaired) electrons. The fourth-order valence-corrected chi connectivity index (χ4v) is 3.78. The third kappa shape index (κ3) is 5.60. The average molecular weight is 522 g/mol. The lowest BCUT2D eigenvalue weighted by molar-refractivity contribution is -0.189. The van der Waals surface area contributed by atoms with Crippen LogP contribution < -0.4 is 4.74 Å². The van der Waals surface area contributed by atoms with E-state index in [-0.39, 0.29) is 11.1 Å². The number of ether oxygens (including phenoxy) is 1. The van der Waals surface area contributed by atoms with Crippen molar-refractivity contribution in [3.63, 3.8) is 0 Å². The molecule has 0 spiro atoms. The zero-order chi connectivity index (χ0) is 27.0. The molecule has 0 saturated heterocycles. The van der Waals surface area contributed by atoms with Crippen LogP contribution in [0.3, 0.4) is 0 Å². The van der Waals surface area contributed by atoms with Crippen LogP contribution >= 0.6 is 0 Å². The first-order valence-electron chi connectivity index (χ1n) is 11.0. The molecule has 0 bridgehead atoms. The molecule has 0 aliphatic carbocycles. The van der Waals surface area contributed by atoms with Crippen LogP contribution in [-0.2, 0) is 18.7 Å². The van der Waals surface area contributed by atoms with Gasteiger partial charge in [-0.05, 0) is 71.1 Å². The number of halogens is 8. The highest BCUT2D eigenvalue weighted by atomic mass is 19.4. The van der Waals surface area contributed by atoms with E-state index in [0.29, 0.717) is 42.0 Å². The maximum atomic E-state index is 14.9. The van der Waals surface area contributed by atoms with E-state index in [1.807, 2.05) is 19.1 Å². The normalized spacial score (nSPS) is 12.0. The molecule has 1 nitrogen and oxygen atoms in total. The lowest BCUT2D eigenvalue weighted by Gasteiger charge is -2.20. The van der Waals surface area contributed by atoms with Crippen LogP contribution in [0.15, 0.2) is 78.9 Å². The Hall–Kier alpha value is -3.88. The van der Waals surface area contributed by atoms with Crippen LogP contribution in [-0.4, -0.2) is 0 Å². The summed E-state index contributed by atoms with van der Waals surface area (Å²) < 4.78 is 116. The Morgan fingerprint density at radius 1 is 0.622 bits per heavy atom. The van der Waals surface area contributed by atoms with E-state index in [2.05, 4.69) is 4.74 Å². The fraction of sp³-hybridized carbons (Fsp3) is 0.143. The summed E-state index contributed by atoms with van der Waals surface area (Å²) in [4.78, 5) is 0. The molecule has 0 aliphatic heterocycles. The lowest BCUT2D eigenvalue weighted by atomic mass is 9.97. The molecule has 37 heavy (non-hydrogen) atoms. The van der Waals surface area contributed by atoms with Crippen LogP contribution in [0.5, 0.6) is 5.75 Å². The maximum absolute atomic E-state index is 14.9. The van der Waals surface area contributed by atoms with Crippen molar-refractivity contribution >= 4 is 0 Å². The number of hydrogen-bond acceptors (Lipinski definition) is 1. The average Bonchev–Trinajstić information content (AvgIpc) is 2.83. The van der Waals surface area contributed by atoms with E-state index in [1.54, 1.807) is 12.1 Å². The first-order valence-corrected chi connectivity index (χ1v) is 11.0. The summed E-state index contributed by atoms with van der Waals surface area (Å²) in [5.74, 6) is -5.00. The lowest BCUT2D eigenvalue weighted by Crippen LogP contribution is -2.25. The van der Waals surface area contributed by atoms with Crippen molar-refractivity contribution in [1.82, 2.24) is 0 Å². The van der Waals surface area contributed by atoms with Gasteiger partial charge >= 0.3 is 12.3 Å². The molecule has 0 saturated carbocycles. The molecule has 0 aliphatic rings. The molecule has 0 amide bonds. The molecule has 0 aromatic heterocycles. The van der Waals surface area contributed by atoms with Gasteiger partial charge in [0.1, 0.15) is 28.8 Å². The predicted octanol–water partition coefficient (Wildman–Crippen LogP) is 9.15. The Kier molecular flexibility index (Phi) is 6.99. The van der Waals surface area contributed by atoms with Gasteiger partial charge in [0.25, 0.3) is 0 Å². The fourth-order valence-electron chi connectivity index (χ4n) is 3.78. The van der Waals surface area contributed by atoms with Crippen molar-refractivity contribution in [2.75, 3.05) is 0 Å². The largest absolute Gasteiger partial charge is 0.432 e. The van der Waals surface area contributed by atoms with Crippen molar-refractivity contribution in [2.24, 2.45) is 0 Å². The molecule has 0 N–H and O–H groups in total. The van der Waals surface area contributed by atoms with Gasteiger partial charge in [0.2, 0.25) is 0 Å². The van der Waals surface area contributed by atoms with E-state index < -0.39 is 46.6 Å². The molecule has 4 rings (SSSR count). The van der Waals surface area contributed by atoms with E-state index in [0.717, 1.165) is 17.5 Å². The molecule has 0 fully saturated rings. The van der Waals surface area contributed by atoms with E-state index in [9.17, 15) is 35.1 Å². The molecule has 0 atom stereocenters. The van der Waals surface area contributed by atoms with Gasteiger partial charge in [-0.2, -0.15) is 22.0 Å². The van der Waals surface area contributed by atoms with Crippen molar-refractivity contribution in [3.05, 3.63) is 113 Å². The second-order valence-corrected chi connectivity index (χ2v) is 8.20. The Morgan fingerprint density at radius 2 is 1.16 bits per heavy atom. The smallest absolute Gasteiger partial charge is 0.429 e. The Balaban J connectivity index is 1.61. The summed E-state index contributed by atoms with van der Waals surface area (Å²) in [6.07, 6.45) is -8.45. The predicted molar refractivity (Wildman–Crippen MR) is 123 cm³/mol. The zero-order valence-corrected chi connectivity index (χ0v) is 19.1. The van der Waals surface area contributed by atoms with Crippen molar-refractivity contribution < 1.29 is 39.9 Å². The van der Waals surface area contributed by atoms with Gasteiger partial charge in [0, 0.05) is 5.56 Å². The number of benzene rings is 4. The van der Waals surface area contributed by atoms with E-state index in [1.165, 1.54) is 18.2 Å². The minimum absolute atomic E-state index is 0.217. The maximum Gasteiger partial charge on any atom is 0.432 e. The summed E-state index contributed by atoms with van der Waals surface area (Å²) in [7, 11) is 0. The first-order chi connectivity index (χ1) is 17.4. The van der Waals surface area contributed by atoms with Crippen LogP contribution in [0.4, 0.5) is 35.1 Å². The third-order valence-electron chi connectivity index (χ3n) is 5.74. The molecular formula is C28H18F8O. The van der Waals surface area contributed by atoms with Crippen LogP contribution in [0.1, 0.15) is 23.6 Å². The Bertz CT molecular complexity index is 1390. The van der Waals surface area contributed by atoms with Gasteiger partial charge in [-0.25, -0.2) is 13.2 Å². The number of aryl methyl sites for hydroxylation is 1. The van der Waals surface area contributed by atoms with Crippen molar-refractivity contribution in [1.29, 1.82) is 0 Å². The number of rotatable bonds is 6. The number of alkyl halides is 5. The number of hydrogen-bond donors (Lipinski definition) is 0. The molecule has 4 aromatic carbocycles. The zero-order valence-electron chi connectivity index (χ0n) is 19.1. The van der Waals surface area contributed by atoms with Crippen molar-refractivity contribution in [3.8, 4) is 28.0 Å². The van der Waals surface area contributed by atoms with E-state index >= 15 is 0 Å². The summed E-state index contributed by atoms with van der Waals surface area (Å²) in [6.45, 7) is 1.99. The molecule has 0 unspecified atom stereocenters. The molecule has 4 aromatic rings. The second kappa shape index (κ2) is 9.88. The minimum Gasteiger partial charge on any atom is -0.429 e. The third-order valence-corrected chi connectivity index (χ3v) is 5.74. The highest BCUT2D eigenvalue weighted by molar-refractivity contribution is 5.71. The molecule has 9 heteroatoms. The Labute approximate surface area is 207 Å². The van der Waals surface area contributed by atoms with Gasteiger partial charge in [-0.1, -0.05) is 43.3 Å². The standard InChI is InChI=1S/C28H18F8O/c1-2-16-3-5-17(6-4-16)18-7-12-22(23(29)13-18)19-14-24(30)26(25(31)15-19)28(35,36)37-21-10-8-20(9-11-21)27(32,33)34/h3-15H,2H2,1H3. The van der Waals surface area contributed by atoms with Gasteiger partial charge in [0.05, 0.1) is 5.56 Å². The summed E-state index contributed by atoms with van der Waals surface area (Å²) >= 11 is 0. The summed E-state index contributed by atoms with van der Waals surface area (Å²) in [5, 5.41) is 0. The quantitative estimate of drug-likeness (QED) is 0.230. The van der Waals surface area contributed by atoms with Crippen LogP contribution in [0.2, 0.25) is 0 Å². The van der Waals surface area contributed by atoms with E-state index in [4.69, 9.17) is 0 Å². The van der Waals surface area contributed by atoms with Crippen LogP contribution in [0.25, 0.3) is 22.3 Å².